The number of rotatable bonds is 2. The van der Waals surface area contributed by atoms with Gasteiger partial charge in [-0.05, 0) is 12.1 Å². The summed E-state index contributed by atoms with van der Waals surface area (Å²) in [5, 5.41) is 10.4. The summed E-state index contributed by atoms with van der Waals surface area (Å²) in [6.07, 6.45) is -0.00895. The molecule has 0 amide bonds. The van der Waals surface area contributed by atoms with E-state index < -0.39 is 5.60 Å². The molecule has 1 aliphatic carbocycles. The van der Waals surface area contributed by atoms with Gasteiger partial charge in [0.05, 0.1) is 27.1 Å². The van der Waals surface area contributed by atoms with Crippen molar-refractivity contribution in [1.82, 2.24) is 0 Å². The number of allylic oxidation sites excluding steroid dienone is 1. The van der Waals surface area contributed by atoms with E-state index in [1.807, 2.05) is 30.3 Å². The highest BCUT2D eigenvalue weighted by atomic mass is 16.5. The molecule has 1 unspecified atom stereocenters. The highest BCUT2D eigenvalue weighted by molar-refractivity contribution is 5.93. The van der Waals surface area contributed by atoms with Crippen molar-refractivity contribution in [3.63, 3.8) is 0 Å². The highest BCUT2D eigenvalue weighted by Crippen LogP contribution is 2.30. The third-order valence-electron chi connectivity index (χ3n) is 3.19. The summed E-state index contributed by atoms with van der Waals surface area (Å²) >= 11 is 0. The van der Waals surface area contributed by atoms with Crippen LogP contribution >= 0.6 is 0 Å². The second kappa shape index (κ2) is 5.81. The molecule has 0 saturated carbocycles. The molecule has 1 N–H and O–H groups in total. The number of carbonyl (C=O) groups excluding carboxylic acids is 1. The van der Waals surface area contributed by atoms with Crippen molar-refractivity contribution in [1.29, 1.82) is 0 Å². The Morgan fingerprint density at radius 1 is 1.15 bits per heavy atom. The van der Waals surface area contributed by atoms with Gasteiger partial charge in [0.1, 0.15) is 11.5 Å². The van der Waals surface area contributed by atoms with Crippen molar-refractivity contribution in [2.75, 3.05) is 14.2 Å². The summed E-state index contributed by atoms with van der Waals surface area (Å²) < 4.78 is 10.3. The van der Waals surface area contributed by atoms with E-state index in [4.69, 9.17) is 9.47 Å². The molecule has 0 saturated heterocycles. The Morgan fingerprint density at radius 2 is 1.80 bits per heavy atom. The molecule has 0 aliphatic heterocycles. The fourth-order valence-electron chi connectivity index (χ4n) is 2.00. The SMILES string of the molecule is COC1=C(OC)CC(O)(C#Cc2ccccc2)C(=O)C1. The molecule has 0 aromatic heterocycles. The summed E-state index contributed by atoms with van der Waals surface area (Å²) in [6.45, 7) is 0. The number of hydrogen-bond donors (Lipinski definition) is 1. The Morgan fingerprint density at radius 3 is 2.40 bits per heavy atom. The quantitative estimate of drug-likeness (QED) is 0.831. The lowest BCUT2D eigenvalue weighted by Crippen LogP contribution is -2.41. The van der Waals surface area contributed by atoms with Gasteiger partial charge in [-0.25, -0.2) is 0 Å². The van der Waals surface area contributed by atoms with E-state index in [0.29, 0.717) is 11.5 Å². The highest BCUT2D eigenvalue weighted by Gasteiger charge is 2.41. The summed E-state index contributed by atoms with van der Waals surface area (Å²) in [5.74, 6) is 6.01. The maximum atomic E-state index is 12.0. The van der Waals surface area contributed by atoms with E-state index in [9.17, 15) is 9.90 Å². The molecule has 0 bridgehead atoms. The Labute approximate surface area is 118 Å². The zero-order chi connectivity index (χ0) is 14.6. The van der Waals surface area contributed by atoms with E-state index in [1.54, 1.807) is 0 Å². The number of carbonyl (C=O) groups is 1. The molecule has 4 nitrogen and oxygen atoms in total. The lowest BCUT2D eigenvalue weighted by molar-refractivity contribution is -0.134. The Balaban J connectivity index is 2.30. The molecule has 0 radical (unpaired) electrons. The minimum absolute atomic E-state index is 0.00530. The fourth-order valence-corrected chi connectivity index (χ4v) is 2.00. The van der Waals surface area contributed by atoms with E-state index in [-0.39, 0.29) is 18.6 Å². The topological polar surface area (TPSA) is 55.8 Å². The Hall–Kier alpha value is -2.25. The first-order valence-corrected chi connectivity index (χ1v) is 6.23. The average Bonchev–Trinajstić information content (AvgIpc) is 2.49. The molecule has 0 fully saturated rings. The van der Waals surface area contributed by atoms with Gasteiger partial charge < -0.3 is 14.6 Å². The zero-order valence-corrected chi connectivity index (χ0v) is 11.5. The van der Waals surface area contributed by atoms with Crippen LogP contribution in [0.15, 0.2) is 41.9 Å². The molecule has 1 atom stereocenters. The monoisotopic (exact) mass is 272 g/mol. The molecular weight excluding hydrogens is 256 g/mol. The van der Waals surface area contributed by atoms with Gasteiger partial charge in [0.2, 0.25) is 0 Å². The molecular formula is C16H16O4. The van der Waals surface area contributed by atoms with E-state index in [0.717, 1.165) is 5.56 Å². The maximum Gasteiger partial charge on any atom is 0.192 e. The Kier molecular flexibility index (Phi) is 4.11. The van der Waals surface area contributed by atoms with Crippen LogP contribution < -0.4 is 0 Å². The first-order valence-electron chi connectivity index (χ1n) is 6.23. The molecule has 20 heavy (non-hydrogen) atoms. The van der Waals surface area contributed by atoms with Gasteiger partial charge in [0.25, 0.3) is 0 Å². The maximum absolute atomic E-state index is 12.0. The minimum Gasteiger partial charge on any atom is -0.497 e. The number of Topliss-reactive ketones (excluding diaryl/α,β-unsaturated/α-hetero) is 1. The van der Waals surface area contributed by atoms with Crippen LogP contribution in [0.25, 0.3) is 0 Å². The second-order valence-corrected chi connectivity index (χ2v) is 4.51. The van der Waals surface area contributed by atoms with Crippen LogP contribution in [0.4, 0.5) is 0 Å². The number of ether oxygens (including phenoxy) is 2. The summed E-state index contributed by atoms with van der Waals surface area (Å²) in [7, 11) is 2.96. The average molecular weight is 272 g/mol. The van der Waals surface area contributed by atoms with Crippen LogP contribution in [0.5, 0.6) is 0 Å². The van der Waals surface area contributed by atoms with Crippen molar-refractivity contribution < 1.29 is 19.4 Å². The predicted molar refractivity (Wildman–Crippen MR) is 73.6 cm³/mol. The lowest BCUT2D eigenvalue weighted by atomic mass is 9.86. The van der Waals surface area contributed by atoms with Crippen molar-refractivity contribution in [2.24, 2.45) is 0 Å². The van der Waals surface area contributed by atoms with Gasteiger partial charge in [0, 0.05) is 5.56 Å². The largest absolute Gasteiger partial charge is 0.497 e. The molecule has 1 aliphatic rings. The van der Waals surface area contributed by atoms with Gasteiger partial charge in [-0.1, -0.05) is 30.0 Å². The number of ketones is 1. The number of benzene rings is 1. The smallest absolute Gasteiger partial charge is 0.192 e. The van der Waals surface area contributed by atoms with E-state index >= 15 is 0 Å². The summed E-state index contributed by atoms with van der Waals surface area (Å²) in [5.41, 5.74) is -0.974. The Bertz CT molecular complexity index is 592. The zero-order valence-electron chi connectivity index (χ0n) is 11.5. The van der Waals surface area contributed by atoms with Gasteiger partial charge >= 0.3 is 0 Å². The molecule has 0 heterocycles. The van der Waals surface area contributed by atoms with Crippen LogP contribution in [0.1, 0.15) is 18.4 Å². The van der Waals surface area contributed by atoms with Crippen molar-refractivity contribution in [3.05, 3.63) is 47.4 Å². The second-order valence-electron chi connectivity index (χ2n) is 4.51. The van der Waals surface area contributed by atoms with Crippen LogP contribution in [-0.2, 0) is 14.3 Å². The van der Waals surface area contributed by atoms with E-state index in [1.165, 1.54) is 14.2 Å². The number of methoxy groups -OCH3 is 2. The van der Waals surface area contributed by atoms with Crippen LogP contribution in [0.3, 0.4) is 0 Å². The third-order valence-corrected chi connectivity index (χ3v) is 3.19. The molecule has 1 aromatic carbocycles. The summed E-state index contributed by atoms with van der Waals surface area (Å²) in [4.78, 5) is 12.0. The normalized spacial score (nSPS) is 22.1. The van der Waals surface area contributed by atoms with Gasteiger partial charge in [0.15, 0.2) is 11.4 Å². The fraction of sp³-hybridized carbons (Fsp3) is 0.312. The van der Waals surface area contributed by atoms with E-state index in [2.05, 4.69) is 11.8 Å². The molecule has 2 rings (SSSR count). The standard InChI is InChI=1S/C16H16O4/c1-19-13-10-15(17)16(18,11-14(13)20-2)9-8-12-6-4-3-5-7-12/h3-7,18H,10-11H2,1-2H3. The van der Waals surface area contributed by atoms with Crippen molar-refractivity contribution in [3.8, 4) is 11.8 Å². The number of hydrogen-bond acceptors (Lipinski definition) is 4. The number of aliphatic hydroxyl groups is 1. The molecule has 1 aromatic rings. The lowest BCUT2D eigenvalue weighted by Gasteiger charge is -2.28. The van der Waals surface area contributed by atoms with Crippen LogP contribution in [0, 0.1) is 11.8 Å². The summed E-state index contributed by atoms with van der Waals surface area (Å²) in [6, 6.07) is 9.21. The van der Waals surface area contributed by atoms with Crippen LogP contribution in [0.2, 0.25) is 0 Å². The first kappa shape index (κ1) is 14.2. The minimum atomic E-state index is -1.72. The van der Waals surface area contributed by atoms with Crippen molar-refractivity contribution >= 4 is 5.78 Å². The van der Waals surface area contributed by atoms with Crippen molar-refractivity contribution in [2.45, 2.75) is 18.4 Å². The predicted octanol–water partition coefficient (Wildman–Crippen LogP) is 1.64. The van der Waals surface area contributed by atoms with Gasteiger partial charge in [-0.3, -0.25) is 4.79 Å². The first-order chi connectivity index (χ1) is 9.59. The molecule has 104 valence electrons. The van der Waals surface area contributed by atoms with Crippen LogP contribution in [-0.4, -0.2) is 30.7 Å². The van der Waals surface area contributed by atoms with Gasteiger partial charge in [-0.15, -0.1) is 0 Å². The molecule has 0 spiro atoms. The third kappa shape index (κ3) is 2.84. The molecule has 4 heteroatoms. The van der Waals surface area contributed by atoms with Gasteiger partial charge in [-0.2, -0.15) is 0 Å².